The Morgan fingerprint density at radius 2 is 2.23 bits per heavy atom. The van der Waals surface area contributed by atoms with E-state index in [1.165, 1.54) is 0 Å². The van der Waals surface area contributed by atoms with E-state index in [2.05, 4.69) is 4.98 Å². The summed E-state index contributed by atoms with van der Waals surface area (Å²) in [4.78, 5) is 15.6. The molecule has 2 rings (SSSR count). The van der Waals surface area contributed by atoms with Crippen molar-refractivity contribution in [2.75, 3.05) is 0 Å². The van der Waals surface area contributed by atoms with E-state index in [1.54, 1.807) is 24.0 Å². The van der Waals surface area contributed by atoms with Crippen LogP contribution in [0.4, 0.5) is 0 Å². The Morgan fingerprint density at radius 3 is 3.00 bits per heavy atom. The number of hydrogen-bond donors (Lipinski definition) is 0. The molecule has 0 aliphatic carbocycles. The number of fused-ring (bicyclic) bond motifs is 1. The fourth-order valence-electron chi connectivity index (χ4n) is 1.37. The average molecular weight is 174 g/mol. The third kappa shape index (κ3) is 1.13. The number of hydrogen-bond acceptors (Lipinski definition) is 2. The minimum Gasteiger partial charge on any atom is -0.315 e. The van der Waals surface area contributed by atoms with Gasteiger partial charge in [0, 0.05) is 25.1 Å². The Bertz CT molecular complexity index is 514. The minimum absolute atomic E-state index is 0.0168. The summed E-state index contributed by atoms with van der Waals surface area (Å²) < 4.78 is 1.63. The van der Waals surface area contributed by atoms with Gasteiger partial charge in [0.1, 0.15) is 0 Å². The molecular formula is C10H10N2O. The smallest absolute Gasteiger partial charge is 0.259 e. The van der Waals surface area contributed by atoms with Crippen LogP contribution >= 0.6 is 0 Å². The Morgan fingerprint density at radius 1 is 1.46 bits per heavy atom. The molecule has 13 heavy (non-hydrogen) atoms. The maximum atomic E-state index is 11.7. The molecule has 0 fully saturated rings. The van der Waals surface area contributed by atoms with E-state index in [4.69, 9.17) is 0 Å². The number of aromatic nitrogens is 2. The summed E-state index contributed by atoms with van der Waals surface area (Å²) in [7, 11) is 1.77. The fourth-order valence-corrected chi connectivity index (χ4v) is 1.37. The average Bonchev–Trinajstić information content (AvgIpc) is 2.15. The predicted molar refractivity (Wildman–Crippen MR) is 51.7 cm³/mol. The van der Waals surface area contributed by atoms with Gasteiger partial charge in [-0.05, 0) is 24.4 Å². The van der Waals surface area contributed by atoms with E-state index in [0.717, 1.165) is 11.1 Å². The summed E-state index contributed by atoms with van der Waals surface area (Å²) in [5.41, 5.74) is 0.979. The number of nitrogens with zero attached hydrogens (tertiary/aromatic N) is 2. The first kappa shape index (κ1) is 7.98. The quantitative estimate of drug-likeness (QED) is 0.602. The molecule has 0 N–H and O–H groups in total. The highest BCUT2D eigenvalue weighted by Gasteiger charge is 2.01. The van der Waals surface area contributed by atoms with Crippen molar-refractivity contribution in [2.24, 2.45) is 7.05 Å². The lowest BCUT2D eigenvalue weighted by molar-refractivity contribution is 0.830. The SMILES string of the molecule is Cc1cc2ccncc2c(=O)n1C. The van der Waals surface area contributed by atoms with E-state index in [1.807, 2.05) is 19.1 Å². The summed E-state index contributed by atoms with van der Waals surface area (Å²) in [6.07, 6.45) is 3.30. The molecule has 66 valence electrons. The summed E-state index contributed by atoms with van der Waals surface area (Å²) in [6.45, 7) is 1.92. The van der Waals surface area contributed by atoms with Crippen molar-refractivity contribution < 1.29 is 0 Å². The predicted octanol–water partition coefficient (Wildman–Crippen LogP) is 1.24. The summed E-state index contributed by atoms with van der Waals surface area (Å²) in [6, 6.07) is 3.84. The van der Waals surface area contributed by atoms with Gasteiger partial charge in [0.05, 0.1) is 5.39 Å². The molecule has 0 radical (unpaired) electrons. The van der Waals surface area contributed by atoms with Gasteiger partial charge < -0.3 is 4.57 Å². The Balaban J connectivity index is 3.03. The monoisotopic (exact) mass is 174 g/mol. The van der Waals surface area contributed by atoms with Crippen LogP contribution < -0.4 is 5.56 Å². The van der Waals surface area contributed by atoms with Gasteiger partial charge in [0.25, 0.3) is 5.56 Å². The molecule has 0 saturated heterocycles. The second kappa shape index (κ2) is 2.69. The Hall–Kier alpha value is -1.64. The molecule has 0 spiro atoms. The van der Waals surface area contributed by atoms with Crippen LogP contribution in [0.1, 0.15) is 5.69 Å². The molecule has 0 aromatic carbocycles. The summed E-state index contributed by atoms with van der Waals surface area (Å²) >= 11 is 0. The fraction of sp³-hybridized carbons (Fsp3) is 0.200. The zero-order chi connectivity index (χ0) is 9.42. The molecule has 0 atom stereocenters. The highest BCUT2D eigenvalue weighted by atomic mass is 16.1. The van der Waals surface area contributed by atoms with E-state index in [9.17, 15) is 4.79 Å². The van der Waals surface area contributed by atoms with Crippen LogP contribution in [0, 0.1) is 6.92 Å². The lowest BCUT2D eigenvalue weighted by Crippen LogP contribution is -2.18. The molecular weight excluding hydrogens is 164 g/mol. The van der Waals surface area contributed by atoms with Crippen molar-refractivity contribution in [2.45, 2.75) is 6.92 Å². The molecule has 0 aliphatic rings. The zero-order valence-electron chi connectivity index (χ0n) is 7.61. The van der Waals surface area contributed by atoms with Crippen LogP contribution in [0.25, 0.3) is 10.8 Å². The van der Waals surface area contributed by atoms with Crippen molar-refractivity contribution in [3.05, 3.63) is 40.6 Å². The molecule has 0 unspecified atom stereocenters. The molecule has 2 heterocycles. The van der Waals surface area contributed by atoms with Crippen molar-refractivity contribution in [1.82, 2.24) is 9.55 Å². The van der Waals surface area contributed by atoms with Crippen molar-refractivity contribution in [3.8, 4) is 0 Å². The highest BCUT2D eigenvalue weighted by molar-refractivity contribution is 5.80. The lowest BCUT2D eigenvalue weighted by Gasteiger charge is -2.04. The van der Waals surface area contributed by atoms with E-state index < -0.39 is 0 Å². The van der Waals surface area contributed by atoms with Gasteiger partial charge in [-0.2, -0.15) is 0 Å². The Kier molecular flexibility index (Phi) is 1.65. The van der Waals surface area contributed by atoms with Crippen LogP contribution in [0.2, 0.25) is 0 Å². The molecule has 0 bridgehead atoms. The third-order valence-corrected chi connectivity index (χ3v) is 2.28. The molecule has 3 nitrogen and oxygen atoms in total. The molecule has 0 amide bonds. The van der Waals surface area contributed by atoms with Gasteiger partial charge in [-0.1, -0.05) is 0 Å². The summed E-state index contributed by atoms with van der Waals surface area (Å²) in [5, 5.41) is 1.63. The van der Waals surface area contributed by atoms with E-state index in [-0.39, 0.29) is 5.56 Å². The highest BCUT2D eigenvalue weighted by Crippen LogP contribution is 2.08. The van der Waals surface area contributed by atoms with Gasteiger partial charge in [-0.25, -0.2) is 0 Å². The topological polar surface area (TPSA) is 34.9 Å². The number of rotatable bonds is 0. The van der Waals surface area contributed by atoms with Gasteiger partial charge in [-0.3, -0.25) is 9.78 Å². The van der Waals surface area contributed by atoms with Crippen LogP contribution in [0.15, 0.2) is 29.3 Å². The molecule has 3 heteroatoms. The van der Waals surface area contributed by atoms with Crippen LogP contribution in [0.5, 0.6) is 0 Å². The van der Waals surface area contributed by atoms with Crippen LogP contribution in [-0.2, 0) is 7.05 Å². The normalized spacial score (nSPS) is 10.6. The van der Waals surface area contributed by atoms with Gasteiger partial charge in [0.2, 0.25) is 0 Å². The molecule has 2 aromatic heterocycles. The summed E-state index contributed by atoms with van der Waals surface area (Å²) in [5.74, 6) is 0. The Labute approximate surface area is 75.7 Å². The number of pyridine rings is 2. The second-order valence-corrected chi connectivity index (χ2v) is 3.11. The first-order valence-corrected chi connectivity index (χ1v) is 4.10. The first-order chi connectivity index (χ1) is 6.20. The standard InChI is InChI=1S/C10H10N2O/c1-7-5-8-3-4-11-6-9(8)10(13)12(7)2/h3-6H,1-2H3. The third-order valence-electron chi connectivity index (χ3n) is 2.28. The maximum Gasteiger partial charge on any atom is 0.259 e. The van der Waals surface area contributed by atoms with Gasteiger partial charge >= 0.3 is 0 Å². The second-order valence-electron chi connectivity index (χ2n) is 3.11. The van der Waals surface area contributed by atoms with Gasteiger partial charge in [0.15, 0.2) is 0 Å². The lowest BCUT2D eigenvalue weighted by atomic mass is 10.2. The van der Waals surface area contributed by atoms with Crippen molar-refractivity contribution >= 4 is 10.8 Å². The molecule has 0 saturated carbocycles. The number of aryl methyl sites for hydroxylation is 1. The van der Waals surface area contributed by atoms with Crippen LogP contribution in [0.3, 0.4) is 0 Å². The first-order valence-electron chi connectivity index (χ1n) is 4.10. The van der Waals surface area contributed by atoms with Crippen LogP contribution in [-0.4, -0.2) is 9.55 Å². The molecule has 0 aliphatic heterocycles. The largest absolute Gasteiger partial charge is 0.315 e. The van der Waals surface area contributed by atoms with Crippen molar-refractivity contribution in [1.29, 1.82) is 0 Å². The van der Waals surface area contributed by atoms with Crippen molar-refractivity contribution in [3.63, 3.8) is 0 Å². The van der Waals surface area contributed by atoms with E-state index >= 15 is 0 Å². The maximum absolute atomic E-state index is 11.7. The van der Waals surface area contributed by atoms with Gasteiger partial charge in [-0.15, -0.1) is 0 Å². The zero-order valence-corrected chi connectivity index (χ0v) is 7.61. The van der Waals surface area contributed by atoms with E-state index in [0.29, 0.717) is 5.39 Å². The minimum atomic E-state index is 0.0168. The molecule has 2 aromatic rings.